The SMILES string of the molecule is O=C(CN1C(=O)S/C(=C\c2cccn2-c2cccc([N+](=O)[O-])c2)C1=O)N1CCc2ccccc2C1. The second-order valence-electron chi connectivity index (χ2n) is 8.18. The van der Waals surface area contributed by atoms with Crippen LogP contribution in [0.4, 0.5) is 10.5 Å². The van der Waals surface area contributed by atoms with Gasteiger partial charge >= 0.3 is 0 Å². The Morgan fingerprint density at radius 2 is 1.86 bits per heavy atom. The number of fused-ring (bicyclic) bond motifs is 1. The maximum Gasteiger partial charge on any atom is 0.294 e. The number of nitrogens with zero attached hydrogens (tertiary/aromatic N) is 4. The third kappa shape index (κ3) is 4.47. The summed E-state index contributed by atoms with van der Waals surface area (Å²) >= 11 is 0.775. The van der Waals surface area contributed by atoms with Gasteiger partial charge in [-0.05, 0) is 53.6 Å². The van der Waals surface area contributed by atoms with Crippen molar-refractivity contribution in [3.8, 4) is 5.69 Å². The Labute approximate surface area is 204 Å². The van der Waals surface area contributed by atoms with Gasteiger partial charge in [-0.3, -0.25) is 29.4 Å². The summed E-state index contributed by atoms with van der Waals surface area (Å²) in [4.78, 5) is 52.0. The van der Waals surface area contributed by atoms with Gasteiger partial charge in [0.2, 0.25) is 5.91 Å². The van der Waals surface area contributed by atoms with Gasteiger partial charge in [-0.2, -0.15) is 0 Å². The molecule has 0 radical (unpaired) electrons. The number of hydrogen-bond donors (Lipinski definition) is 0. The van der Waals surface area contributed by atoms with Crippen molar-refractivity contribution in [3.05, 3.63) is 98.7 Å². The number of nitro groups is 1. The van der Waals surface area contributed by atoms with Crippen LogP contribution in [0.1, 0.15) is 16.8 Å². The van der Waals surface area contributed by atoms with Crippen molar-refractivity contribution in [2.24, 2.45) is 0 Å². The predicted octanol–water partition coefficient (Wildman–Crippen LogP) is 4.01. The smallest absolute Gasteiger partial charge is 0.294 e. The zero-order valence-corrected chi connectivity index (χ0v) is 19.3. The quantitative estimate of drug-likeness (QED) is 0.305. The van der Waals surface area contributed by atoms with Crippen LogP contribution in [0.3, 0.4) is 0 Å². The van der Waals surface area contributed by atoms with E-state index in [4.69, 9.17) is 0 Å². The summed E-state index contributed by atoms with van der Waals surface area (Å²) in [6.07, 6.45) is 4.01. The van der Waals surface area contributed by atoms with Gasteiger partial charge in [0, 0.05) is 37.1 Å². The molecular weight excluding hydrogens is 468 g/mol. The Hall–Kier alpha value is -4.18. The highest BCUT2D eigenvalue weighted by molar-refractivity contribution is 8.18. The van der Waals surface area contributed by atoms with Gasteiger partial charge in [0.25, 0.3) is 16.8 Å². The molecule has 9 nitrogen and oxygen atoms in total. The molecule has 2 aromatic carbocycles. The van der Waals surface area contributed by atoms with Gasteiger partial charge < -0.3 is 9.47 Å². The molecule has 35 heavy (non-hydrogen) atoms. The van der Waals surface area contributed by atoms with Crippen LogP contribution in [0.25, 0.3) is 11.8 Å². The van der Waals surface area contributed by atoms with E-state index in [2.05, 4.69) is 0 Å². The fourth-order valence-electron chi connectivity index (χ4n) is 4.22. The number of non-ortho nitro benzene ring substituents is 1. The van der Waals surface area contributed by atoms with E-state index in [0.29, 0.717) is 24.5 Å². The Balaban J connectivity index is 1.32. The number of hydrogen-bond acceptors (Lipinski definition) is 6. The lowest BCUT2D eigenvalue weighted by Gasteiger charge is -2.29. The van der Waals surface area contributed by atoms with E-state index in [1.54, 1.807) is 46.0 Å². The van der Waals surface area contributed by atoms with E-state index in [-0.39, 0.29) is 23.0 Å². The van der Waals surface area contributed by atoms with Crippen LogP contribution in [0.2, 0.25) is 0 Å². The number of thioether (sulfide) groups is 1. The highest BCUT2D eigenvalue weighted by atomic mass is 32.2. The average Bonchev–Trinajstić information content (AvgIpc) is 3.43. The van der Waals surface area contributed by atoms with Gasteiger partial charge in [0.15, 0.2) is 0 Å². The highest BCUT2D eigenvalue weighted by Crippen LogP contribution is 2.33. The second-order valence-corrected chi connectivity index (χ2v) is 9.18. The van der Waals surface area contributed by atoms with E-state index in [0.717, 1.165) is 28.6 Å². The maximum atomic E-state index is 13.0. The van der Waals surface area contributed by atoms with Crippen molar-refractivity contribution in [2.45, 2.75) is 13.0 Å². The van der Waals surface area contributed by atoms with Gasteiger partial charge in [-0.1, -0.05) is 30.3 Å². The molecule has 0 atom stereocenters. The predicted molar refractivity (Wildman–Crippen MR) is 131 cm³/mol. The molecule has 3 heterocycles. The molecule has 0 spiro atoms. The maximum absolute atomic E-state index is 13.0. The van der Waals surface area contributed by atoms with E-state index < -0.39 is 16.1 Å². The minimum Gasteiger partial charge on any atom is -0.336 e. The number of carbonyl (C=O) groups is 3. The van der Waals surface area contributed by atoms with E-state index in [1.807, 2.05) is 24.3 Å². The minimum atomic E-state index is -0.530. The van der Waals surface area contributed by atoms with Gasteiger partial charge in [0.1, 0.15) is 6.54 Å². The summed E-state index contributed by atoms with van der Waals surface area (Å²) in [7, 11) is 0. The number of imide groups is 1. The lowest BCUT2D eigenvalue weighted by Crippen LogP contribution is -2.44. The molecule has 5 rings (SSSR count). The molecule has 1 saturated heterocycles. The van der Waals surface area contributed by atoms with Crippen molar-refractivity contribution in [3.63, 3.8) is 0 Å². The molecule has 1 fully saturated rings. The van der Waals surface area contributed by atoms with Crippen molar-refractivity contribution in [1.82, 2.24) is 14.4 Å². The molecule has 0 saturated carbocycles. The third-order valence-corrected chi connectivity index (χ3v) is 6.94. The Bertz CT molecular complexity index is 1400. The van der Waals surface area contributed by atoms with Gasteiger partial charge in [-0.25, -0.2) is 0 Å². The number of aromatic nitrogens is 1. The van der Waals surface area contributed by atoms with Crippen molar-refractivity contribution < 1.29 is 19.3 Å². The zero-order valence-electron chi connectivity index (χ0n) is 18.5. The third-order valence-electron chi connectivity index (χ3n) is 6.03. The summed E-state index contributed by atoms with van der Waals surface area (Å²) in [5.41, 5.74) is 3.35. The molecular formula is C25H20N4O5S. The summed E-state index contributed by atoms with van der Waals surface area (Å²) in [6.45, 7) is 0.687. The molecule has 0 aliphatic carbocycles. The average molecular weight is 489 g/mol. The molecule has 3 aromatic rings. The molecule has 0 N–H and O–H groups in total. The Kier molecular flexibility index (Phi) is 5.96. The molecule has 2 aliphatic heterocycles. The van der Waals surface area contributed by atoms with Crippen LogP contribution in [0.15, 0.2) is 71.8 Å². The molecule has 176 valence electrons. The number of benzene rings is 2. The van der Waals surface area contributed by atoms with Crippen LogP contribution < -0.4 is 0 Å². The molecule has 3 amide bonds. The lowest BCUT2D eigenvalue weighted by molar-refractivity contribution is -0.384. The Morgan fingerprint density at radius 1 is 1.06 bits per heavy atom. The van der Waals surface area contributed by atoms with E-state index >= 15 is 0 Å². The first-order chi connectivity index (χ1) is 16.9. The number of nitro benzene ring substituents is 1. The summed E-state index contributed by atoms with van der Waals surface area (Å²) in [5, 5.41) is 10.6. The first-order valence-electron chi connectivity index (χ1n) is 10.9. The van der Waals surface area contributed by atoms with E-state index in [1.165, 1.54) is 17.7 Å². The Morgan fingerprint density at radius 3 is 2.66 bits per heavy atom. The molecule has 1 aromatic heterocycles. The highest BCUT2D eigenvalue weighted by Gasteiger charge is 2.37. The topological polar surface area (TPSA) is 106 Å². The van der Waals surface area contributed by atoms with Crippen LogP contribution in [-0.2, 0) is 22.6 Å². The van der Waals surface area contributed by atoms with Crippen LogP contribution in [0.5, 0.6) is 0 Å². The molecule has 0 bridgehead atoms. The lowest BCUT2D eigenvalue weighted by atomic mass is 10.00. The molecule has 10 heteroatoms. The number of rotatable bonds is 5. The standard InChI is InChI=1S/C25H20N4O5S/c30-23(26-12-10-17-5-1-2-6-18(17)15-26)16-28-24(31)22(35-25(28)32)14-20-9-4-11-27(20)19-7-3-8-21(13-19)29(33)34/h1-9,11,13-14H,10,12,15-16H2/b22-14-. The minimum absolute atomic E-state index is 0.0543. The fraction of sp³-hybridized carbons (Fsp3) is 0.160. The van der Waals surface area contributed by atoms with Crippen molar-refractivity contribution in [2.75, 3.05) is 13.1 Å². The largest absolute Gasteiger partial charge is 0.336 e. The van der Waals surface area contributed by atoms with Crippen molar-refractivity contribution >= 4 is 40.6 Å². The fourth-order valence-corrected chi connectivity index (χ4v) is 5.04. The number of amides is 3. The van der Waals surface area contributed by atoms with Crippen LogP contribution in [0, 0.1) is 10.1 Å². The van der Waals surface area contributed by atoms with Crippen LogP contribution >= 0.6 is 11.8 Å². The monoisotopic (exact) mass is 488 g/mol. The first-order valence-corrected chi connectivity index (χ1v) is 11.7. The first kappa shape index (κ1) is 22.6. The zero-order chi connectivity index (χ0) is 24.5. The molecule has 0 unspecified atom stereocenters. The van der Waals surface area contributed by atoms with Crippen molar-refractivity contribution in [1.29, 1.82) is 0 Å². The van der Waals surface area contributed by atoms with Gasteiger partial charge in [0.05, 0.1) is 15.5 Å². The summed E-state index contributed by atoms with van der Waals surface area (Å²) in [5.74, 6) is -0.805. The number of carbonyl (C=O) groups excluding carboxylic acids is 3. The molecule has 2 aliphatic rings. The van der Waals surface area contributed by atoms with Gasteiger partial charge in [-0.15, -0.1) is 0 Å². The normalized spacial score (nSPS) is 16.6. The summed E-state index contributed by atoms with van der Waals surface area (Å²) < 4.78 is 1.69. The van der Waals surface area contributed by atoms with E-state index in [9.17, 15) is 24.5 Å². The summed E-state index contributed by atoms with van der Waals surface area (Å²) in [6, 6.07) is 17.5. The van der Waals surface area contributed by atoms with Crippen LogP contribution in [-0.4, -0.2) is 49.4 Å². The second kappa shape index (κ2) is 9.22.